The van der Waals surface area contributed by atoms with Crippen molar-refractivity contribution in [1.29, 1.82) is 10.8 Å². The SMILES string of the molecule is Br.Br.N=C(N)SCc1cccc2cc3cccc(CSC(=N)N)c3cc12. The smallest absolute Gasteiger partial charge is 0.151 e. The minimum absolute atomic E-state index is 0. The third kappa shape index (κ3) is 5.39. The van der Waals surface area contributed by atoms with Crippen LogP contribution < -0.4 is 11.5 Å². The second kappa shape index (κ2) is 10.2. The Balaban J connectivity index is 0.00000169. The summed E-state index contributed by atoms with van der Waals surface area (Å²) in [6, 6.07) is 16.8. The first-order valence-electron chi connectivity index (χ1n) is 7.41. The van der Waals surface area contributed by atoms with Gasteiger partial charge in [-0.15, -0.1) is 34.0 Å². The van der Waals surface area contributed by atoms with E-state index in [1.54, 1.807) is 0 Å². The highest BCUT2D eigenvalue weighted by molar-refractivity contribution is 8.93. The Morgan fingerprint density at radius 3 is 1.54 bits per heavy atom. The summed E-state index contributed by atoms with van der Waals surface area (Å²) >= 11 is 2.67. The Morgan fingerprint density at radius 2 is 1.15 bits per heavy atom. The fourth-order valence-electron chi connectivity index (χ4n) is 2.74. The van der Waals surface area contributed by atoms with E-state index in [0.29, 0.717) is 11.5 Å². The summed E-state index contributed by atoms with van der Waals surface area (Å²) < 4.78 is 0. The number of hydrogen-bond acceptors (Lipinski definition) is 4. The maximum atomic E-state index is 7.42. The second-order valence-corrected chi connectivity index (χ2v) is 7.47. The van der Waals surface area contributed by atoms with E-state index in [2.05, 4.69) is 36.4 Å². The molecule has 26 heavy (non-hydrogen) atoms. The average Bonchev–Trinajstić information content (AvgIpc) is 2.56. The van der Waals surface area contributed by atoms with Crippen LogP contribution in [0.4, 0.5) is 0 Å². The fourth-order valence-corrected chi connectivity index (χ4v) is 3.87. The molecular formula is C18H20Br2N4S2. The largest absolute Gasteiger partial charge is 0.379 e. The molecule has 0 saturated heterocycles. The zero-order valence-corrected chi connectivity index (χ0v) is 18.9. The molecule has 0 atom stereocenters. The molecule has 0 saturated carbocycles. The van der Waals surface area contributed by atoms with Crippen LogP contribution in [0.25, 0.3) is 21.5 Å². The molecule has 8 heteroatoms. The van der Waals surface area contributed by atoms with Gasteiger partial charge in [0.25, 0.3) is 0 Å². The molecule has 4 nitrogen and oxygen atoms in total. The average molecular weight is 516 g/mol. The Morgan fingerprint density at radius 1 is 0.731 bits per heavy atom. The summed E-state index contributed by atoms with van der Waals surface area (Å²) in [5.74, 6) is 1.37. The van der Waals surface area contributed by atoms with Crippen molar-refractivity contribution in [2.45, 2.75) is 11.5 Å². The van der Waals surface area contributed by atoms with Gasteiger partial charge in [-0.3, -0.25) is 10.8 Å². The lowest BCUT2D eigenvalue weighted by Gasteiger charge is -2.11. The van der Waals surface area contributed by atoms with Gasteiger partial charge < -0.3 is 11.5 Å². The molecule has 0 aliphatic heterocycles. The van der Waals surface area contributed by atoms with Gasteiger partial charge in [-0.1, -0.05) is 59.9 Å². The van der Waals surface area contributed by atoms with Crippen LogP contribution in [-0.2, 0) is 11.5 Å². The van der Waals surface area contributed by atoms with E-state index < -0.39 is 0 Å². The molecule has 0 aromatic heterocycles. The monoisotopic (exact) mass is 514 g/mol. The maximum absolute atomic E-state index is 7.42. The van der Waals surface area contributed by atoms with E-state index in [-0.39, 0.29) is 44.3 Å². The third-order valence-corrected chi connectivity index (χ3v) is 5.36. The highest BCUT2D eigenvalue weighted by atomic mass is 79.9. The number of rotatable bonds is 4. The van der Waals surface area contributed by atoms with Crippen LogP contribution in [0.15, 0.2) is 48.5 Å². The van der Waals surface area contributed by atoms with Crippen molar-refractivity contribution in [3.8, 4) is 0 Å². The van der Waals surface area contributed by atoms with Crippen molar-refractivity contribution < 1.29 is 0 Å². The highest BCUT2D eigenvalue weighted by Crippen LogP contribution is 2.30. The Bertz CT molecular complexity index is 874. The normalized spacial score (nSPS) is 10.2. The van der Waals surface area contributed by atoms with Gasteiger partial charge in [0, 0.05) is 11.5 Å². The van der Waals surface area contributed by atoms with Gasteiger partial charge in [0.1, 0.15) is 0 Å². The molecule has 0 radical (unpaired) electrons. The number of nitrogens with two attached hydrogens (primary N) is 2. The number of hydrogen-bond donors (Lipinski definition) is 4. The third-order valence-electron chi connectivity index (χ3n) is 3.83. The van der Waals surface area contributed by atoms with Crippen molar-refractivity contribution in [3.63, 3.8) is 0 Å². The van der Waals surface area contributed by atoms with Crippen molar-refractivity contribution >= 4 is 89.4 Å². The van der Waals surface area contributed by atoms with Gasteiger partial charge in [0.05, 0.1) is 0 Å². The molecule has 0 heterocycles. The molecule has 6 N–H and O–H groups in total. The first kappa shape index (κ1) is 22.8. The number of halogens is 2. The predicted molar refractivity (Wildman–Crippen MR) is 129 cm³/mol. The molecule has 0 fully saturated rings. The Hall–Kier alpha value is -1.22. The van der Waals surface area contributed by atoms with Gasteiger partial charge in [0.2, 0.25) is 0 Å². The van der Waals surface area contributed by atoms with Gasteiger partial charge >= 0.3 is 0 Å². The van der Waals surface area contributed by atoms with Crippen LogP contribution in [0.5, 0.6) is 0 Å². The summed E-state index contributed by atoms with van der Waals surface area (Å²) in [5.41, 5.74) is 13.3. The molecule has 0 unspecified atom stereocenters. The van der Waals surface area contributed by atoms with Crippen LogP contribution in [0.1, 0.15) is 11.1 Å². The second-order valence-electron chi connectivity index (χ2n) is 5.43. The number of nitrogens with one attached hydrogen (secondary N) is 2. The molecular weight excluding hydrogens is 496 g/mol. The number of benzene rings is 3. The Kier molecular flexibility index (Phi) is 8.95. The topological polar surface area (TPSA) is 99.7 Å². The molecule has 138 valence electrons. The minimum atomic E-state index is 0. The molecule has 0 aliphatic carbocycles. The summed E-state index contributed by atoms with van der Waals surface area (Å²) in [4.78, 5) is 0. The summed E-state index contributed by atoms with van der Waals surface area (Å²) in [6.45, 7) is 0. The minimum Gasteiger partial charge on any atom is -0.379 e. The van der Waals surface area contributed by atoms with Gasteiger partial charge in [-0.2, -0.15) is 0 Å². The lowest BCUT2D eigenvalue weighted by Crippen LogP contribution is -2.04. The summed E-state index contributed by atoms with van der Waals surface area (Å²) in [5, 5.41) is 19.8. The van der Waals surface area contributed by atoms with Crippen molar-refractivity contribution in [3.05, 3.63) is 59.7 Å². The molecule has 3 aromatic carbocycles. The molecule has 0 spiro atoms. The van der Waals surface area contributed by atoms with E-state index in [9.17, 15) is 0 Å². The molecule has 0 amide bonds. The molecule has 3 aromatic rings. The standard InChI is InChI=1S/C18H18N4S2.2BrH/c19-17(20)23-9-13-5-1-3-11-7-12-4-2-6-14(10-24-18(21)22)16(12)8-15(11)13;;/h1-8H,9-10H2,(H3,19,20)(H3,21,22);2*1H. The quantitative estimate of drug-likeness (QED) is 0.212. The van der Waals surface area contributed by atoms with Crippen molar-refractivity contribution in [1.82, 2.24) is 0 Å². The summed E-state index contributed by atoms with van der Waals surface area (Å²) in [6.07, 6.45) is 0. The van der Waals surface area contributed by atoms with E-state index in [0.717, 1.165) is 0 Å². The fraction of sp³-hybridized carbons (Fsp3) is 0.111. The highest BCUT2D eigenvalue weighted by Gasteiger charge is 2.07. The van der Waals surface area contributed by atoms with E-state index in [1.807, 2.05) is 12.1 Å². The van der Waals surface area contributed by atoms with E-state index in [1.165, 1.54) is 56.2 Å². The van der Waals surface area contributed by atoms with Crippen LogP contribution in [0.3, 0.4) is 0 Å². The van der Waals surface area contributed by atoms with Crippen LogP contribution in [0.2, 0.25) is 0 Å². The van der Waals surface area contributed by atoms with Gasteiger partial charge in [0.15, 0.2) is 10.3 Å². The first-order valence-corrected chi connectivity index (χ1v) is 9.38. The van der Waals surface area contributed by atoms with Crippen LogP contribution in [0, 0.1) is 10.8 Å². The first-order chi connectivity index (χ1) is 11.5. The molecule has 3 rings (SSSR count). The number of thioether (sulfide) groups is 2. The summed E-state index contributed by atoms with van der Waals surface area (Å²) in [7, 11) is 0. The number of fused-ring (bicyclic) bond motifs is 2. The van der Waals surface area contributed by atoms with Crippen molar-refractivity contribution in [2.75, 3.05) is 0 Å². The van der Waals surface area contributed by atoms with Crippen LogP contribution in [-0.4, -0.2) is 10.3 Å². The lowest BCUT2D eigenvalue weighted by molar-refractivity contribution is 1.45. The Labute approximate surface area is 182 Å². The lowest BCUT2D eigenvalue weighted by atomic mass is 9.98. The zero-order chi connectivity index (χ0) is 17.1. The van der Waals surface area contributed by atoms with Gasteiger partial charge in [-0.05, 0) is 44.8 Å². The van der Waals surface area contributed by atoms with E-state index >= 15 is 0 Å². The zero-order valence-electron chi connectivity index (χ0n) is 13.8. The molecule has 0 bridgehead atoms. The maximum Gasteiger partial charge on any atom is 0.151 e. The van der Waals surface area contributed by atoms with Gasteiger partial charge in [-0.25, -0.2) is 0 Å². The predicted octanol–water partition coefficient (Wildman–Crippen LogP) is 5.40. The number of amidine groups is 2. The van der Waals surface area contributed by atoms with E-state index in [4.69, 9.17) is 22.3 Å². The van der Waals surface area contributed by atoms with Crippen LogP contribution >= 0.6 is 57.5 Å². The molecule has 0 aliphatic rings. The van der Waals surface area contributed by atoms with Crippen molar-refractivity contribution in [2.24, 2.45) is 11.5 Å².